The second-order valence-corrected chi connectivity index (χ2v) is 19.8. The van der Waals surface area contributed by atoms with Crippen LogP contribution in [-0.4, -0.2) is 16.3 Å². The van der Waals surface area contributed by atoms with E-state index in [1.165, 1.54) is 133 Å². The summed E-state index contributed by atoms with van der Waals surface area (Å²) in [5.41, 5.74) is 21.0. The fourth-order valence-electron chi connectivity index (χ4n) is 13.3. The lowest BCUT2D eigenvalue weighted by Gasteiger charge is -2.39. The first kappa shape index (κ1) is 39.6. The van der Waals surface area contributed by atoms with Gasteiger partial charge in [-0.15, -0.1) is 6.58 Å². The van der Waals surface area contributed by atoms with E-state index < -0.39 is 0 Å². The van der Waals surface area contributed by atoms with Gasteiger partial charge in [-0.2, -0.15) is 0 Å². The lowest BCUT2D eigenvalue weighted by Crippen LogP contribution is -2.45. The zero-order valence-electron chi connectivity index (χ0n) is 38.8. The Balaban J connectivity index is 1.01. The van der Waals surface area contributed by atoms with Gasteiger partial charge < -0.3 is 9.29 Å². The minimum Gasteiger partial charge on any atom is -0.381 e. The van der Waals surface area contributed by atoms with Crippen molar-refractivity contribution in [2.45, 2.75) is 25.3 Å². The van der Waals surface area contributed by atoms with Crippen molar-refractivity contribution >= 4 is 73.0 Å². The van der Waals surface area contributed by atoms with Crippen LogP contribution in [0.3, 0.4) is 0 Å². The second-order valence-electron chi connectivity index (χ2n) is 19.8. The van der Waals surface area contributed by atoms with Gasteiger partial charge in [0, 0.05) is 44.9 Å². The molecule has 0 saturated carbocycles. The molecule has 0 N–H and O–H groups in total. The van der Waals surface area contributed by atoms with Gasteiger partial charge in [0.2, 0.25) is 0 Å². The average molecular weight is 891 g/mol. The standard InChI is InChI=1S/C67H47BN2/c1-2-68-69-62(56-35-33-48(39-60(56)66(69)58-31-15-23-42-17-3-9-25-50(42)58)64-52-27-11-5-19-44(52)37-45-20-6-12-28-53(45)64)41-63-57-36-34-49(65-54-29-13-7-21-46(54)38-47-22-8-14-30-55(47)65)40-61(57)67(70(63)68)59-32-16-24-43-18-4-10-26-51(43)59/h2-15,17-23,25-36,38-41,44,67H,1,16,24,37H2. The third kappa shape index (κ3) is 5.69. The first-order valence-corrected chi connectivity index (χ1v) is 25.0. The van der Waals surface area contributed by atoms with Crippen LogP contribution >= 0.6 is 0 Å². The summed E-state index contributed by atoms with van der Waals surface area (Å²) in [4.78, 5) is 2.71. The summed E-state index contributed by atoms with van der Waals surface area (Å²) in [7, 11) is 0. The van der Waals surface area contributed by atoms with Crippen LogP contribution in [0.1, 0.15) is 57.1 Å². The molecule has 0 fully saturated rings. The fraction of sp³-hybridized carbons (Fsp3) is 0.0746. The number of allylic oxidation sites excluding steroid dienone is 6. The molecular weight excluding hydrogens is 844 g/mol. The summed E-state index contributed by atoms with van der Waals surface area (Å²) in [5.74, 6) is 2.56. The smallest absolute Gasteiger partial charge is 0.381 e. The molecule has 70 heavy (non-hydrogen) atoms. The zero-order valence-corrected chi connectivity index (χ0v) is 38.8. The maximum absolute atomic E-state index is 4.76. The van der Waals surface area contributed by atoms with E-state index in [1.807, 2.05) is 0 Å². The van der Waals surface area contributed by atoms with E-state index in [1.54, 1.807) is 0 Å². The van der Waals surface area contributed by atoms with Crippen LogP contribution in [0.2, 0.25) is 0 Å². The highest BCUT2D eigenvalue weighted by atomic mass is 15.2. The number of benzene rings is 9. The minimum absolute atomic E-state index is 0.0599. The Kier molecular flexibility index (Phi) is 8.66. The largest absolute Gasteiger partial charge is 0.408 e. The molecule has 0 bridgehead atoms. The van der Waals surface area contributed by atoms with E-state index in [0.29, 0.717) is 5.92 Å². The van der Waals surface area contributed by atoms with Crippen molar-refractivity contribution in [3.8, 4) is 22.4 Å². The first-order chi connectivity index (χ1) is 34.7. The van der Waals surface area contributed by atoms with Crippen molar-refractivity contribution < 1.29 is 0 Å². The van der Waals surface area contributed by atoms with Crippen molar-refractivity contribution in [1.29, 1.82) is 0 Å². The number of nitrogens with zero attached hydrogens (tertiary/aromatic N) is 2. The van der Waals surface area contributed by atoms with Gasteiger partial charge in [0.1, 0.15) is 0 Å². The maximum atomic E-state index is 4.76. The molecule has 0 saturated heterocycles. The molecule has 15 rings (SSSR count). The van der Waals surface area contributed by atoms with Crippen LogP contribution in [0, 0.1) is 5.92 Å². The number of aryl methyl sites for hydroxylation is 1. The summed E-state index contributed by atoms with van der Waals surface area (Å²) < 4.78 is 2.64. The molecule has 0 amide bonds. The second kappa shape index (κ2) is 15.3. The predicted molar refractivity (Wildman–Crippen MR) is 296 cm³/mol. The van der Waals surface area contributed by atoms with Gasteiger partial charge in [0.25, 0.3) is 0 Å². The van der Waals surface area contributed by atoms with Crippen molar-refractivity contribution in [2.24, 2.45) is 5.92 Å². The van der Waals surface area contributed by atoms with Gasteiger partial charge >= 0.3 is 6.98 Å². The lowest BCUT2D eigenvalue weighted by molar-refractivity contribution is 0.552. The van der Waals surface area contributed by atoms with Gasteiger partial charge in [-0.3, -0.25) is 0 Å². The average Bonchev–Trinajstić information content (AvgIpc) is 3.92. The van der Waals surface area contributed by atoms with E-state index in [9.17, 15) is 0 Å². The molecule has 2 aliphatic heterocycles. The minimum atomic E-state index is -0.206. The van der Waals surface area contributed by atoms with Crippen molar-refractivity contribution in [3.05, 3.63) is 275 Å². The molecule has 3 aliphatic carbocycles. The van der Waals surface area contributed by atoms with Gasteiger partial charge in [-0.05, 0) is 137 Å². The highest BCUT2D eigenvalue weighted by Gasteiger charge is 2.47. The molecule has 2 unspecified atom stereocenters. The van der Waals surface area contributed by atoms with Crippen LogP contribution in [0.25, 0.3) is 88.4 Å². The number of aromatic nitrogens is 1. The Morgan fingerprint density at radius 1 is 0.557 bits per heavy atom. The first-order valence-electron chi connectivity index (χ1n) is 25.0. The highest BCUT2D eigenvalue weighted by Crippen LogP contribution is 2.56. The van der Waals surface area contributed by atoms with Crippen LogP contribution in [0.4, 0.5) is 0 Å². The Labute approximate surface area is 409 Å². The topological polar surface area (TPSA) is 8.17 Å². The Bertz CT molecular complexity index is 4030. The maximum Gasteiger partial charge on any atom is 0.408 e. The molecule has 3 heterocycles. The van der Waals surface area contributed by atoms with Crippen LogP contribution in [0.5, 0.6) is 0 Å². The van der Waals surface area contributed by atoms with E-state index in [-0.39, 0.29) is 13.0 Å². The quantitative estimate of drug-likeness (QED) is 0.123. The Morgan fingerprint density at radius 3 is 2.09 bits per heavy atom. The van der Waals surface area contributed by atoms with Crippen LogP contribution < -0.4 is 0 Å². The fourth-order valence-corrected chi connectivity index (χ4v) is 13.3. The van der Waals surface area contributed by atoms with E-state index in [0.717, 1.165) is 19.3 Å². The molecule has 1 aromatic heterocycles. The van der Waals surface area contributed by atoms with Crippen molar-refractivity contribution in [1.82, 2.24) is 9.29 Å². The number of hydrogen-bond donors (Lipinski definition) is 0. The summed E-state index contributed by atoms with van der Waals surface area (Å²) in [6.07, 6.45) is 17.3. The Hall–Kier alpha value is -8.40. The molecule has 2 nitrogen and oxygen atoms in total. The van der Waals surface area contributed by atoms with E-state index in [4.69, 9.17) is 6.58 Å². The van der Waals surface area contributed by atoms with E-state index >= 15 is 0 Å². The van der Waals surface area contributed by atoms with Gasteiger partial charge in [-0.25, -0.2) is 0 Å². The third-order valence-electron chi connectivity index (χ3n) is 16.2. The monoisotopic (exact) mass is 890 g/mol. The molecule has 10 aromatic rings. The van der Waals surface area contributed by atoms with Crippen molar-refractivity contribution in [3.63, 3.8) is 0 Å². The summed E-state index contributed by atoms with van der Waals surface area (Å²) >= 11 is 0. The van der Waals surface area contributed by atoms with Gasteiger partial charge in [0.15, 0.2) is 0 Å². The summed E-state index contributed by atoms with van der Waals surface area (Å²) in [5, 5.41) is 10.1. The molecule has 2 atom stereocenters. The van der Waals surface area contributed by atoms with Gasteiger partial charge in [0.05, 0.1) is 6.04 Å². The number of hydrogen-bond acceptors (Lipinski definition) is 1. The van der Waals surface area contributed by atoms with Crippen molar-refractivity contribution in [2.75, 3.05) is 0 Å². The SMILES string of the molecule is C=CB1N2C(=Cc3c4ccc(C5=C6C=CC=CC6Cc6ccccc65)cc4c(-c4cccc5ccccc45)n31)c1ccc(-c3c4ccccc4cc4ccccc34)cc1C2C1=CCCc2ccccc21. The third-order valence-corrected chi connectivity index (χ3v) is 16.2. The highest BCUT2D eigenvalue weighted by molar-refractivity contribution is 6.64. The number of fused-ring (bicyclic) bond motifs is 12. The predicted octanol–water partition coefficient (Wildman–Crippen LogP) is 16.5. The van der Waals surface area contributed by atoms with Gasteiger partial charge in [-0.1, -0.05) is 200 Å². The molecule has 0 radical (unpaired) electrons. The normalized spacial score (nSPS) is 17.5. The number of rotatable bonds is 5. The molecule has 9 aromatic carbocycles. The summed E-state index contributed by atoms with van der Waals surface area (Å²) in [6.45, 7) is 4.56. The van der Waals surface area contributed by atoms with E-state index in [2.05, 4.69) is 234 Å². The molecule has 3 heteroatoms. The van der Waals surface area contributed by atoms with Crippen LogP contribution in [0.15, 0.2) is 230 Å². The lowest BCUT2D eigenvalue weighted by atomic mass is 9.69. The molecular formula is C67H47BN2. The Morgan fingerprint density at radius 2 is 1.26 bits per heavy atom. The molecule has 0 spiro atoms. The summed E-state index contributed by atoms with van der Waals surface area (Å²) in [6, 6.07) is 68.7. The van der Waals surface area contributed by atoms with Crippen LogP contribution in [-0.2, 0) is 12.8 Å². The zero-order chi connectivity index (χ0) is 46.0. The molecule has 328 valence electrons. The molecule has 5 aliphatic rings.